The van der Waals surface area contributed by atoms with Crippen LogP contribution in [0.1, 0.15) is 22.3 Å². The van der Waals surface area contributed by atoms with E-state index in [2.05, 4.69) is 264 Å². The van der Waals surface area contributed by atoms with E-state index >= 15 is 0 Å². The summed E-state index contributed by atoms with van der Waals surface area (Å²) < 4.78 is 2.40. The highest BCUT2D eigenvalue weighted by Gasteiger charge is 2.51. The van der Waals surface area contributed by atoms with Crippen LogP contribution in [-0.4, -0.2) is 4.57 Å². The minimum absolute atomic E-state index is 0.449. The molecule has 0 atom stereocenters. The molecule has 1 aromatic heterocycles. The molecule has 2 nitrogen and oxygen atoms in total. The SMILES string of the molecule is c1ccc(-c2c(-c3ccc(N(c4ccc(-n5c6ccccc6c6ccccc65)cc4)c4ccc5c(c4)C4(c6ccccc6-c6ccccc64)c4ccccc4-5)cc3)ccc3ccccc23)cc1. The van der Waals surface area contributed by atoms with Crippen LogP contribution in [0.2, 0.25) is 0 Å². The van der Waals surface area contributed by atoms with Crippen molar-refractivity contribution in [1.29, 1.82) is 0 Å². The Morgan fingerprint density at radius 3 is 1.37 bits per heavy atom. The van der Waals surface area contributed by atoms with E-state index < -0.39 is 5.41 Å². The lowest BCUT2D eigenvalue weighted by Crippen LogP contribution is -2.26. The molecule has 0 fully saturated rings. The van der Waals surface area contributed by atoms with Gasteiger partial charge in [-0.05, 0) is 138 Å². The Kier molecular flexibility index (Phi) is 8.23. The molecular weight excluding hydrogens is 809 g/mol. The number of hydrogen-bond acceptors (Lipinski definition) is 1. The van der Waals surface area contributed by atoms with E-state index in [9.17, 15) is 0 Å². The second-order valence-electron chi connectivity index (χ2n) is 18.0. The molecule has 312 valence electrons. The van der Waals surface area contributed by atoms with Crippen LogP contribution in [-0.2, 0) is 5.41 Å². The predicted octanol–water partition coefficient (Wildman–Crippen LogP) is 17.1. The molecular formula is C65H42N2. The quantitative estimate of drug-likeness (QED) is 0.162. The van der Waals surface area contributed by atoms with Gasteiger partial charge in [-0.2, -0.15) is 0 Å². The van der Waals surface area contributed by atoms with Gasteiger partial charge >= 0.3 is 0 Å². The van der Waals surface area contributed by atoms with Crippen LogP contribution in [0.15, 0.2) is 255 Å². The number of fused-ring (bicyclic) bond motifs is 14. The molecule has 2 aliphatic rings. The van der Waals surface area contributed by atoms with Crippen LogP contribution < -0.4 is 4.90 Å². The summed E-state index contributed by atoms with van der Waals surface area (Å²) >= 11 is 0. The normalized spacial score (nSPS) is 12.9. The summed E-state index contributed by atoms with van der Waals surface area (Å²) in [5.41, 5.74) is 21.8. The van der Waals surface area contributed by atoms with Crippen LogP contribution in [0.3, 0.4) is 0 Å². The molecule has 0 bridgehead atoms. The van der Waals surface area contributed by atoms with Crippen molar-refractivity contribution in [1.82, 2.24) is 4.57 Å². The summed E-state index contributed by atoms with van der Waals surface area (Å²) in [6, 6.07) is 94.3. The highest BCUT2D eigenvalue weighted by atomic mass is 15.1. The molecule has 67 heavy (non-hydrogen) atoms. The van der Waals surface area contributed by atoms with Gasteiger partial charge in [0.1, 0.15) is 0 Å². The summed E-state index contributed by atoms with van der Waals surface area (Å²) in [6.45, 7) is 0. The topological polar surface area (TPSA) is 8.17 Å². The minimum Gasteiger partial charge on any atom is -0.310 e. The molecule has 11 aromatic carbocycles. The van der Waals surface area contributed by atoms with E-state index in [0.717, 1.165) is 22.7 Å². The highest BCUT2D eigenvalue weighted by Crippen LogP contribution is 2.63. The van der Waals surface area contributed by atoms with Gasteiger partial charge in [0.15, 0.2) is 0 Å². The largest absolute Gasteiger partial charge is 0.310 e. The number of nitrogens with zero attached hydrogens (tertiary/aromatic N) is 2. The third-order valence-corrected chi connectivity index (χ3v) is 14.6. The Morgan fingerprint density at radius 1 is 0.299 bits per heavy atom. The maximum absolute atomic E-state index is 2.49. The lowest BCUT2D eigenvalue weighted by molar-refractivity contribution is 0.793. The number of para-hydroxylation sites is 2. The van der Waals surface area contributed by atoms with E-state index in [0.29, 0.717) is 0 Å². The monoisotopic (exact) mass is 850 g/mol. The Morgan fingerprint density at radius 2 is 0.761 bits per heavy atom. The highest BCUT2D eigenvalue weighted by molar-refractivity contribution is 6.09. The molecule has 0 N–H and O–H groups in total. The van der Waals surface area contributed by atoms with Crippen LogP contribution >= 0.6 is 0 Å². The van der Waals surface area contributed by atoms with Crippen LogP contribution in [0, 0.1) is 0 Å². The molecule has 2 aliphatic carbocycles. The second-order valence-corrected chi connectivity index (χ2v) is 18.0. The first-order valence-electron chi connectivity index (χ1n) is 23.3. The molecule has 1 heterocycles. The van der Waals surface area contributed by atoms with Gasteiger partial charge in [0.25, 0.3) is 0 Å². The molecule has 0 unspecified atom stereocenters. The first-order valence-corrected chi connectivity index (χ1v) is 23.3. The summed E-state index contributed by atoms with van der Waals surface area (Å²) in [5, 5.41) is 5.01. The minimum atomic E-state index is -0.449. The molecule has 2 heteroatoms. The van der Waals surface area contributed by atoms with Crippen molar-refractivity contribution in [3.8, 4) is 50.2 Å². The lowest BCUT2D eigenvalue weighted by Gasteiger charge is -2.32. The lowest BCUT2D eigenvalue weighted by atomic mass is 9.70. The van der Waals surface area contributed by atoms with Gasteiger partial charge in [-0.1, -0.05) is 194 Å². The summed E-state index contributed by atoms with van der Waals surface area (Å²) in [4.78, 5) is 2.45. The van der Waals surface area contributed by atoms with E-state index in [1.807, 2.05) is 0 Å². The van der Waals surface area contributed by atoms with Crippen molar-refractivity contribution in [2.45, 2.75) is 5.41 Å². The van der Waals surface area contributed by atoms with Crippen LogP contribution in [0.25, 0.3) is 82.8 Å². The zero-order chi connectivity index (χ0) is 44.1. The average Bonchev–Trinajstić information content (AvgIpc) is 4.01. The molecule has 14 rings (SSSR count). The molecule has 0 aliphatic heterocycles. The van der Waals surface area contributed by atoms with Gasteiger partial charge in [0.05, 0.1) is 16.4 Å². The van der Waals surface area contributed by atoms with Crippen molar-refractivity contribution in [2.75, 3.05) is 4.90 Å². The number of anilines is 3. The van der Waals surface area contributed by atoms with E-state index in [1.54, 1.807) is 0 Å². The summed E-state index contributed by atoms with van der Waals surface area (Å²) in [6.07, 6.45) is 0. The first kappa shape index (κ1) is 37.6. The molecule has 12 aromatic rings. The maximum Gasteiger partial charge on any atom is 0.0726 e. The fourth-order valence-electron chi connectivity index (χ4n) is 11.8. The fourth-order valence-corrected chi connectivity index (χ4v) is 11.8. The third-order valence-electron chi connectivity index (χ3n) is 14.6. The van der Waals surface area contributed by atoms with Crippen LogP contribution in [0.4, 0.5) is 17.1 Å². The number of benzene rings is 11. The van der Waals surface area contributed by atoms with Gasteiger partial charge in [-0.25, -0.2) is 0 Å². The van der Waals surface area contributed by atoms with Gasteiger partial charge in [0.2, 0.25) is 0 Å². The fraction of sp³-hybridized carbons (Fsp3) is 0.0154. The van der Waals surface area contributed by atoms with Gasteiger partial charge < -0.3 is 9.47 Å². The Hall–Kier alpha value is -8.72. The van der Waals surface area contributed by atoms with Crippen molar-refractivity contribution >= 4 is 49.6 Å². The second kappa shape index (κ2) is 14.7. The molecule has 0 radical (unpaired) electrons. The first-order chi connectivity index (χ1) is 33.3. The van der Waals surface area contributed by atoms with E-state index in [4.69, 9.17) is 0 Å². The van der Waals surface area contributed by atoms with Crippen LogP contribution in [0.5, 0.6) is 0 Å². The number of hydrogen-bond donors (Lipinski definition) is 0. The predicted molar refractivity (Wildman–Crippen MR) is 280 cm³/mol. The van der Waals surface area contributed by atoms with Crippen molar-refractivity contribution < 1.29 is 0 Å². The van der Waals surface area contributed by atoms with Crippen molar-refractivity contribution in [3.63, 3.8) is 0 Å². The van der Waals surface area contributed by atoms with Gasteiger partial charge in [-0.15, -0.1) is 0 Å². The van der Waals surface area contributed by atoms with Crippen molar-refractivity contribution in [3.05, 3.63) is 277 Å². The Labute approximate surface area is 389 Å². The van der Waals surface area contributed by atoms with E-state index in [-0.39, 0.29) is 0 Å². The van der Waals surface area contributed by atoms with Gasteiger partial charge in [0, 0.05) is 33.5 Å². The van der Waals surface area contributed by atoms with Crippen molar-refractivity contribution in [2.24, 2.45) is 0 Å². The third kappa shape index (κ3) is 5.45. The zero-order valence-corrected chi connectivity index (χ0v) is 36.6. The van der Waals surface area contributed by atoms with E-state index in [1.165, 1.54) is 99.3 Å². The maximum atomic E-state index is 2.49. The number of rotatable bonds is 6. The summed E-state index contributed by atoms with van der Waals surface area (Å²) in [7, 11) is 0. The summed E-state index contributed by atoms with van der Waals surface area (Å²) in [5.74, 6) is 0. The Bertz CT molecular complexity index is 3800. The smallest absolute Gasteiger partial charge is 0.0726 e. The molecule has 0 amide bonds. The Balaban J connectivity index is 0.967. The standard InChI is InChI=1S/C65H42N2/c1-2-17-45(18-3-1)64-50-19-5-4-16-43(50)32-40-51(64)44-30-33-46(34-31-44)66(47-35-37-48(38-36-47)67-62-28-14-9-23-56(62)57-24-10-15-29-63(57)67)49-39-41-55-54-22-8-13-27-60(54)65(61(55)42-49)58-25-11-6-20-52(58)53-21-7-12-26-59(53)65/h1-42H. The van der Waals surface area contributed by atoms with Gasteiger partial charge in [-0.3, -0.25) is 0 Å². The molecule has 0 saturated heterocycles. The average molecular weight is 851 g/mol. The molecule has 1 spiro atoms. The zero-order valence-electron chi connectivity index (χ0n) is 36.6. The molecule has 0 saturated carbocycles. The number of aromatic nitrogens is 1.